The van der Waals surface area contributed by atoms with Crippen LogP contribution in [0.3, 0.4) is 0 Å². The standard InChI is InChI=1S/C22H31N5O4/c1-5-14(4)18(19(28)23-16(20(29)30)12-13(2)3)25-22(31)27-11-10-26-17-9-7-6-8-15(17)24-21(26)27/h6-9,13-14,16,18H,5,10-12H2,1-4H3,(H,23,28)(H,25,31)(H,29,30)/t14?,16-,18-/m0/s1. The third-order valence-corrected chi connectivity index (χ3v) is 5.76. The summed E-state index contributed by atoms with van der Waals surface area (Å²) >= 11 is 0. The van der Waals surface area contributed by atoms with Crippen molar-refractivity contribution in [3.63, 3.8) is 0 Å². The number of nitrogens with one attached hydrogen (secondary N) is 2. The van der Waals surface area contributed by atoms with Crippen LogP contribution in [0.4, 0.5) is 10.7 Å². The van der Waals surface area contributed by atoms with Crippen LogP contribution in [0.25, 0.3) is 11.0 Å². The van der Waals surface area contributed by atoms with Crippen LogP contribution < -0.4 is 15.5 Å². The summed E-state index contributed by atoms with van der Waals surface area (Å²) in [6.45, 7) is 8.67. The van der Waals surface area contributed by atoms with Gasteiger partial charge in [0.1, 0.15) is 12.1 Å². The number of carbonyl (C=O) groups is 3. The molecule has 0 saturated carbocycles. The second-order valence-electron chi connectivity index (χ2n) is 8.55. The van der Waals surface area contributed by atoms with Crippen molar-refractivity contribution in [2.24, 2.45) is 11.8 Å². The fraction of sp³-hybridized carbons (Fsp3) is 0.545. The summed E-state index contributed by atoms with van der Waals surface area (Å²) in [5, 5.41) is 14.9. The number of rotatable bonds is 8. The highest BCUT2D eigenvalue weighted by atomic mass is 16.4. The fourth-order valence-electron chi connectivity index (χ4n) is 3.85. The minimum atomic E-state index is -1.08. The van der Waals surface area contributed by atoms with Gasteiger partial charge in [-0.15, -0.1) is 0 Å². The molecule has 0 radical (unpaired) electrons. The van der Waals surface area contributed by atoms with Crippen molar-refractivity contribution >= 4 is 34.9 Å². The SMILES string of the molecule is CCC(C)[C@H](NC(=O)N1CCn2c1nc1ccccc12)C(=O)N[C@@H](CC(C)C)C(=O)O. The number of aromatic nitrogens is 2. The maximum Gasteiger partial charge on any atom is 0.326 e. The van der Waals surface area contributed by atoms with E-state index in [4.69, 9.17) is 0 Å². The Kier molecular flexibility index (Phi) is 6.82. The van der Waals surface area contributed by atoms with Crippen molar-refractivity contribution < 1.29 is 19.5 Å². The lowest BCUT2D eigenvalue weighted by Gasteiger charge is -2.27. The van der Waals surface area contributed by atoms with Gasteiger partial charge >= 0.3 is 12.0 Å². The minimum Gasteiger partial charge on any atom is -0.480 e. The molecule has 1 unspecified atom stereocenters. The Balaban J connectivity index is 1.76. The second-order valence-corrected chi connectivity index (χ2v) is 8.55. The molecule has 1 aromatic heterocycles. The molecule has 9 heteroatoms. The summed E-state index contributed by atoms with van der Waals surface area (Å²) in [7, 11) is 0. The van der Waals surface area contributed by atoms with Crippen LogP contribution in [-0.2, 0) is 16.1 Å². The summed E-state index contributed by atoms with van der Waals surface area (Å²) in [5.41, 5.74) is 1.77. The molecule has 168 valence electrons. The molecule has 1 aromatic carbocycles. The van der Waals surface area contributed by atoms with Crippen LogP contribution >= 0.6 is 0 Å². The molecule has 3 amide bonds. The van der Waals surface area contributed by atoms with Gasteiger partial charge in [-0.1, -0.05) is 46.2 Å². The fourth-order valence-corrected chi connectivity index (χ4v) is 3.85. The van der Waals surface area contributed by atoms with Crippen molar-refractivity contribution in [2.75, 3.05) is 11.4 Å². The molecule has 3 N–H and O–H groups in total. The van der Waals surface area contributed by atoms with E-state index in [1.165, 1.54) is 4.90 Å². The van der Waals surface area contributed by atoms with Crippen LogP contribution in [0.2, 0.25) is 0 Å². The summed E-state index contributed by atoms with van der Waals surface area (Å²) in [6.07, 6.45) is 0.969. The molecule has 1 aliphatic rings. The molecule has 0 spiro atoms. The summed E-state index contributed by atoms with van der Waals surface area (Å²) in [6, 6.07) is 5.44. The van der Waals surface area contributed by atoms with E-state index < -0.39 is 30.0 Å². The maximum absolute atomic E-state index is 13.1. The number of carbonyl (C=O) groups excluding carboxylic acids is 2. The van der Waals surface area contributed by atoms with Gasteiger partial charge in [0.05, 0.1) is 11.0 Å². The predicted molar refractivity (Wildman–Crippen MR) is 118 cm³/mol. The van der Waals surface area contributed by atoms with Gasteiger partial charge in [0, 0.05) is 13.1 Å². The molecule has 9 nitrogen and oxygen atoms in total. The highest BCUT2D eigenvalue weighted by molar-refractivity contribution is 5.97. The Morgan fingerprint density at radius 3 is 2.48 bits per heavy atom. The number of amides is 3. The average Bonchev–Trinajstić information content (AvgIpc) is 3.29. The number of carboxylic acids is 1. The molecular formula is C22H31N5O4. The highest BCUT2D eigenvalue weighted by Crippen LogP contribution is 2.27. The van der Waals surface area contributed by atoms with E-state index in [0.29, 0.717) is 31.9 Å². The zero-order valence-electron chi connectivity index (χ0n) is 18.5. The average molecular weight is 430 g/mol. The van der Waals surface area contributed by atoms with E-state index in [2.05, 4.69) is 15.6 Å². The van der Waals surface area contributed by atoms with Gasteiger partial charge in [0.15, 0.2) is 0 Å². The normalized spacial score (nSPS) is 16.1. The van der Waals surface area contributed by atoms with Gasteiger partial charge in [-0.2, -0.15) is 0 Å². The van der Waals surface area contributed by atoms with E-state index in [-0.39, 0.29) is 11.8 Å². The summed E-state index contributed by atoms with van der Waals surface area (Å²) in [4.78, 5) is 43.7. The number of para-hydroxylation sites is 2. The Labute approximate surface area is 181 Å². The van der Waals surface area contributed by atoms with Crippen LogP contribution in [0, 0.1) is 11.8 Å². The third kappa shape index (κ3) is 4.81. The minimum absolute atomic E-state index is 0.107. The molecule has 0 saturated heterocycles. The predicted octanol–water partition coefficient (Wildman–Crippen LogP) is 2.60. The molecule has 0 bridgehead atoms. The number of anilines is 1. The monoisotopic (exact) mass is 429 g/mol. The van der Waals surface area contributed by atoms with E-state index in [1.807, 2.05) is 56.5 Å². The zero-order chi connectivity index (χ0) is 22.7. The molecule has 2 heterocycles. The number of hydrogen-bond acceptors (Lipinski definition) is 4. The van der Waals surface area contributed by atoms with Gasteiger partial charge in [-0.05, 0) is 30.4 Å². The first-order chi connectivity index (χ1) is 14.7. The van der Waals surface area contributed by atoms with Gasteiger partial charge in [-0.3, -0.25) is 9.69 Å². The molecule has 3 rings (SSSR count). The Bertz CT molecular complexity index is 970. The number of urea groups is 1. The molecule has 2 aromatic rings. The lowest BCUT2D eigenvalue weighted by Crippen LogP contribution is -2.56. The first-order valence-electron chi connectivity index (χ1n) is 10.8. The molecule has 3 atom stereocenters. The highest BCUT2D eigenvalue weighted by Gasteiger charge is 2.34. The van der Waals surface area contributed by atoms with Crippen molar-refractivity contribution in [3.8, 4) is 0 Å². The largest absolute Gasteiger partial charge is 0.480 e. The number of hydrogen-bond donors (Lipinski definition) is 3. The smallest absolute Gasteiger partial charge is 0.326 e. The summed E-state index contributed by atoms with van der Waals surface area (Å²) < 4.78 is 1.98. The quantitative estimate of drug-likeness (QED) is 0.596. The number of nitrogens with zero attached hydrogens (tertiary/aromatic N) is 3. The number of aliphatic carboxylic acids is 1. The summed E-state index contributed by atoms with van der Waals surface area (Å²) in [5.74, 6) is -1.08. The Morgan fingerprint density at radius 1 is 1.13 bits per heavy atom. The number of imidazole rings is 1. The first kappa shape index (κ1) is 22.6. The molecule has 1 aliphatic heterocycles. The number of carboxylic acid groups (broad SMARTS) is 1. The molecule has 0 fully saturated rings. The van der Waals surface area contributed by atoms with Gasteiger partial charge in [-0.25, -0.2) is 14.6 Å². The van der Waals surface area contributed by atoms with E-state index in [1.54, 1.807) is 0 Å². The molecule has 31 heavy (non-hydrogen) atoms. The third-order valence-electron chi connectivity index (χ3n) is 5.76. The first-order valence-corrected chi connectivity index (χ1v) is 10.8. The van der Waals surface area contributed by atoms with Crippen LogP contribution in [0.1, 0.15) is 40.5 Å². The van der Waals surface area contributed by atoms with Crippen molar-refractivity contribution in [2.45, 2.75) is 59.2 Å². The number of fused-ring (bicyclic) bond motifs is 3. The van der Waals surface area contributed by atoms with Crippen LogP contribution in [0.5, 0.6) is 0 Å². The number of benzene rings is 1. The van der Waals surface area contributed by atoms with E-state index >= 15 is 0 Å². The van der Waals surface area contributed by atoms with Crippen molar-refractivity contribution in [1.29, 1.82) is 0 Å². The lowest BCUT2D eigenvalue weighted by molar-refractivity contribution is -0.142. The molecular weight excluding hydrogens is 398 g/mol. The van der Waals surface area contributed by atoms with Crippen LogP contribution in [-0.4, -0.2) is 51.2 Å². The topological polar surface area (TPSA) is 117 Å². The second kappa shape index (κ2) is 9.36. The van der Waals surface area contributed by atoms with Crippen LogP contribution in [0.15, 0.2) is 24.3 Å². The Hall–Kier alpha value is -3.10. The zero-order valence-corrected chi connectivity index (χ0v) is 18.5. The lowest BCUT2D eigenvalue weighted by atomic mass is 9.97. The van der Waals surface area contributed by atoms with E-state index in [0.717, 1.165) is 11.0 Å². The van der Waals surface area contributed by atoms with Crippen molar-refractivity contribution in [1.82, 2.24) is 20.2 Å². The van der Waals surface area contributed by atoms with Gasteiger partial charge < -0.3 is 20.3 Å². The van der Waals surface area contributed by atoms with Gasteiger partial charge in [0.2, 0.25) is 11.9 Å². The van der Waals surface area contributed by atoms with E-state index in [9.17, 15) is 19.5 Å². The maximum atomic E-state index is 13.1. The van der Waals surface area contributed by atoms with Gasteiger partial charge in [0.25, 0.3) is 0 Å². The van der Waals surface area contributed by atoms with Crippen molar-refractivity contribution in [3.05, 3.63) is 24.3 Å². The Morgan fingerprint density at radius 2 is 1.84 bits per heavy atom. The molecule has 0 aliphatic carbocycles.